The third-order valence-corrected chi connectivity index (χ3v) is 5.49. The Morgan fingerprint density at radius 3 is 2.92 bits per heavy atom. The molecule has 26 heavy (non-hydrogen) atoms. The van der Waals surface area contributed by atoms with Gasteiger partial charge in [-0.25, -0.2) is 9.97 Å². The van der Waals surface area contributed by atoms with Gasteiger partial charge in [0.05, 0.1) is 5.52 Å². The Balaban J connectivity index is 1.73. The van der Waals surface area contributed by atoms with Gasteiger partial charge in [-0.3, -0.25) is 4.79 Å². The van der Waals surface area contributed by atoms with Crippen molar-refractivity contribution in [2.45, 2.75) is 19.4 Å². The smallest absolute Gasteiger partial charge is 0.242 e. The molecule has 0 spiro atoms. The first-order valence-electron chi connectivity index (χ1n) is 8.43. The van der Waals surface area contributed by atoms with Gasteiger partial charge in [-0.1, -0.05) is 12.1 Å². The standard InChI is InChI=1S/C18H16N6OS/c1-10-8-26-9-12(10)15-22-16-11-4-2-3-5-13(11)20-18(24(16)23-15)21-14-6-7-19-17(14)25/h2-5,8-9,14H,6-7H2,1H3,(H,19,25)(H,20,21)/t14-/m1/s1. The van der Waals surface area contributed by atoms with E-state index in [9.17, 15) is 4.79 Å². The van der Waals surface area contributed by atoms with Gasteiger partial charge in [-0.15, -0.1) is 5.10 Å². The predicted molar refractivity (Wildman–Crippen MR) is 101 cm³/mol. The van der Waals surface area contributed by atoms with Gasteiger partial charge in [-0.05, 0) is 36.4 Å². The lowest BCUT2D eigenvalue weighted by Gasteiger charge is -2.12. The monoisotopic (exact) mass is 364 g/mol. The molecule has 7 nitrogen and oxygen atoms in total. The van der Waals surface area contributed by atoms with Crippen molar-refractivity contribution >= 4 is 39.7 Å². The molecule has 4 aromatic rings. The number of aromatic nitrogens is 4. The lowest BCUT2D eigenvalue weighted by Crippen LogP contribution is -2.30. The van der Waals surface area contributed by atoms with E-state index >= 15 is 0 Å². The highest BCUT2D eigenvalue weighted by Crippen LogP contribution is 2.28. The van der Waals surface area contributed by atoms with Gasteiger partial charge in [0.2, 0.25) is 11.9 Å². The van der Waals surface area contributed by atoms with Crippen molar-refractivity contribution in [3.63, 3.8) is 0 Å². The van der Waals surface area contributed by atoms with Gasteiger partial charge in [0.15, 0.2) is 11.5 Å². The number of carbonyl (C=O) groups is 1. The van der Waals surface area contributed by atoms with Gasteiger partial charge in [0.1, 0.15) is 6.04 Å². The summed E-state index contributed by atoms with van der Waals surface area (Å²) in [6, 6.07) is 7.54. The van der Waals surface area contributed by atoms with Gasteiger partial charge in [-0.2, -0.15) is 15.9 Å². The maximum absolute atomic E-state index is 12.0. The van der Waals surface area contributed by atoms with E-state index < -0.39 is 0 Å². The van der Waals surface area contributed by atoms with Gasteiger partial charge in [0.25, 0.3) is 0 Å². The average Bonchev–Trinajstić information content (AvgIpc) is 3.35. The van der Waals surface area contributed by atoms with Crippen LogP contribution in [-0.2, 0) is 4.79 Å². The van der Waals surface area contributed by atoms with E-state index in [1.54, 1.807) is 15.9 Å². The minimum absolute atomic E-state index is 0.0119. The van der Waals surface area contributed by atoms with E-state index in [0.717, 1.165) is 34.1 Å². The van der Waals surface area contributed by atoms with E-state index in [2.05, 4.69) is 33.4 Å². The topological polar surface area (TPSA) is 84.2 Å². The second-order valence-corrected chi connectivity index (χ2v) is 7.11. The molecule has 0 aliphatic carbocycles. The zero-order valence-electron chi connectivity index (χ0n) is 14.1. The Kier molecular flexibility index (Phi) is 3.39. The first-order valence-corrected chi connectivity index (χ1v) is 9.38. The molecule has 1 atom stereocenters. The first kappa shape index (κ1) is 15.3. The number of fused-ring (bicyclic) bond motifs is 3. The summed E-state index contributed by atoms with van der Waals surface area (Å²) < 4.78 is 1.71. The molecule has 8 heteroatoms. The summed E-state index contributed by atoms with van der Waals surface area (Å²) in [5, 5.41) is 15.8. The number of para-hydroxylation sites is 1. The Bertz CT molecular complexity index is 1150. The Morgan fingerprint density at radius 1 is 1.27 bits per heavy atom. The number of aryl methyl sites for hydroxylation is 1. The minimum atomic E-state index is -0.303. The number of hydrogen-bond acceptors (Lipinski definition) is 6. The van der Waals surface area contributed by atoms with Gasteiger partial charge >= 0.3 is 0 Å². The Morgan fingerprint density at radius 2 is 2.15 bits per heavy atom. The summed E-state index contributed by atoms with van der Waals surface area (Å²) in [5.41, 5.74) is 3.72. The molecule has 0 unspecified atom stereocenters. The van der Waals surface area contributed by atoms with Gasteiger partial charge in [0, 0.05) is 22.9 Å². The van der Waals surface area contributed by atoms with E-state index in [1.807, 2.05) is 24.3 Å². The number of amides is 1. The fourth-order valence-electron chi connectivity index (χ4n) is 3.24. The highest BCUT2D eigenvalue weighted by molar-refractivity contribution is 7.08. The molecule has 1 saturated heterocycles. The molecule has 4 heterocycles. The average molecular weight is 364 g/mol. The lowest BCUT2D eigenvalue weighted by molar-refractivity contribution is -0.119. The highest BCUT2D eigenvalue weighted by atomic mass is 32.1. The number of thiophene rings is 1. The van der Waals surface area contributed by atoms with Crippen molar-refractivity contribution in [3.8, 4) is 11.4 Å². The maximum Gasteiger partial charge on any atom is 0.242 e. The van der Waals surface area contributed by atoms with Gasteiger partial charge < -0.3 is 10.6 Å². The van der Waals surface area contributed by atoms with Crippen LogP contribution in [0.5, 0.6) is 0 Å². The predicted octanol–water partition coefficient (Wildman–Crippen LogP) is 2.61. The van der Waals surface area contributed by atoms with Crippen LogP contribution in [0.2, 0.25) is 0 Å². The third kappa shape index (κ3) is 2.33. The number of anilines is 1. The van der Waals surface area contributed by atoms with Crippen LogP contribution < -0.4 is 10.6 Å². The molecule has 1 aromatic carbocycles. The molecule has 5 rings (SSSR count). The second-order valence-electron chi connectivity index (χ2n) is 6.37. The minimum Gasteiger partial charge on any atom is -0.354 e. The van der Waals surface area contributed by atoms with Crippen LogP contribution in [0.25, 0.3) is 27.9 Å². The van der Waals surface area contributed by atoms with Crippen LogP contribution in [0, 0.1) is 6.92 Å². The highest BCUT2D eigenvalue weighted by Gasteiger charge is 2.26. The van der Waals surface area contributed by atoms with Crippen molar-refractivity contribution in [1.82, 2.24) is 24.9 Å². The van der Waals surface area contributed by atoms with Crippen molar-refractivity contribution < 1.29 is 4.79 Å². The first-order chi connectivity index (χ1) is 12.7. The van der Waals surface area contributed by atoms with Crippen LogP contribution in [0.3, 0.4) is 0 Å². The summed E-state index contributed by atoms with van der Waals surface area (Å²) in [4.78, 5) is 21.4. The summed E-state index contributed by atoms with van der Waals surface area (Å²) in [5.74, 6) is 1.19. The largest absolute Gasteiger partial charge is 0.354 e. The van der Waals surface area contributed by atoms with Crippen molar-refractivity contribution in [1.29, 1.82) is 0 Å². The molecule has 2 N–H and O–H groups in total. The molecule has 130 valence electrons. The molecule has 1 aliphatic heterocycles. The van der Waals surface area contributed by atoms with Crippen LogP contribution in [0.1, 0.15) is 12.0 Å². The molecule has 0 saturated carbocycles. The van der Waals surface area contributed by atoms with E-state index in [1.165, 1.54) is 0 Å². The summed E-state index contributed by atoms with van der Waals surface area (Å²) in [6.07, 6.45) is 0.722. The van der Waals surface area contributed by atoms with E-state index in [-0.39, 0.29) is 11.9 Å². The fourth-order valence-corrected chi connectivity index (χ4v) is 4.07. The molecule has 1 amide bonds. The van der Waals surface area contributed by atoms with Crippen LogP contribution in [-0.4, -0.2) is 38.1 Å². The zero-order chi connectivity index (χ0) is 17.7. The molecule has 0 radical (unpaired) electrons. The van der Waals surface area contributed by atoms with Crippen molar-refractivity contribution in [2.24, 2.45) is 0 Å². The zero-order valence-corrected chi connectivity index (χ0v) is 14.9. The number of carbonyl (C=O) groups excluding carboxylic acids is 1. The Labute approximate surface area is 153 Å². The van der Waals surface area contributed by atoms with Crippen LogP contribution in [0.4, 0.5) is 5.95 Å². The maximum atomic E-state index is 12.0. The Hall–Kier alpha value is -3.00. The third-order valence-electron chi connectivity index (χ3n) is 4.63. The number of benzene rings is 1. The molecule has 0 bridgehead atoms. The fraction of sp³-hybridized carbons (Fsp3) is 0.222. The SMILES string of the molecule is Cc1cscc1-c1nc2c3ccccc3nc(N[C@@H]3CCNC3=O)n2n1. The number of rotatable bonds is 3. The summed E-state index contributed by atoms with van der Waals surface area (Å²) in [6.45, 7) is 2.72. The van der Waals surface area contributed by atoms with Crippen LogP contribution >= 0.6 is 11.3 Å². The summed E-state index contributed by atoms with van der Waals surface area (Å²) >= 11 is 1.63. The van der Waals surface area contributed by atoms with Crippen molar-refractivity contribution in [3.05, 3.63) is 40.6 Å². The summed E-state index contributed by atoms with van der Waals surface area (Å²) in [7, 11) is 0. The van der Waals surface area contributed by atoms with Crippen LogP contribution in [0.15, 0.2) is 35.0 Å². The van der Waals surface area contributed by atoms with Crippen molar-refractivity contribution in [2.75, 3.05) is 11.9 Å². The molecule has 1 fully saturated rings. The van der Waals surface area contributed by atoms with E-state index in [0.29, 0.717) is 18.3 Å². The number of hydrogen-bond donors (Lipinski definition) is 2. The molecule has 3 aromatic heterocycles. The second kappa shape index (κ2) is 5.77. The normalized spacial score (nSPS) is 17.1. The lowest BCUT2D eigenvalue weighted by atomic mass is 10.2. The number of nitrogens with one attached hydrogen (secondary N) is 2. The number of nitrogens with zero attached hydrogens (tertiary/aromatic N) is 4. The molecular formula is C18H16N6OS. The molecule has 1 aliphatic rings. The quantitative estimate of drug-likeness (QED) is 0.584. The molecular weight excluding hydrogens is 348 g/mol. The van der Waals surface area contributed by atoms with E-state index in [4.69, 9.17) is 9.97 Å².